The highest BCUT2D eigenvalue weighted by Gasteiger charge is 2.24. The van der Waals surface area contributed by atoms with Gasteiger partial charge in [-0.15, -0.1) is 24.0 Å². The van der Waals surface area contributed by atoms with Crippen molar-refractivity contribution < 1.29 is 4.74 Å². The van der Waals surface area contributed by atoms with E-state index in [-0.39, 0.29) is 30.0 Å². The van der Waals surface area contributed by atoms with Gasteiger partial charge in [0.25, 0.3) is 0 Å². The van der Waals surface area contributed by atoms with Gasteiger partial charge in [0.2, 0.25) is 0 Å². The van der Waals surface area contributed by atoms with E-state index in [1.807, 2.05) is 18.2 Å². The first-order valence-electron chi connectivity index (χ1n) is 8.24. The van der Waals surface area contributed by atoms with Gasteiger partial charge >= 0.3 is 0 Å². The highest BCUT2D eigenvalue weighted by molar-refractivity contribution is 14.0. The molecule has 0 radical (unpaired) electrons. The van der Waals surface area contributed by atoms with Crippen molar-refractivity contribution in [2.24, 2.45) is 10.7 Å². The molecule has 1 aliphatic rings. The van der Waals surface area contributed by atoms with Gasteiger partial charge in [0, 0.05) is 24.2 Å². The van der Waals surface area contributed by atoms with Crippen molar-refractivity contribution in [3.63, 3.8) is 0 Å². The fourth-order valence-corrected chi connectivity index (χ4v) is 2.89. The van der Waals surface area contributed by atoms with Gasteiger partial charge in [0.15, 0.2) is 5.96 Å². The average Bonchev–Trinajstić information content (AvgIpc) is 2.57. The summed E-state index contributed by atoms with van der Waals surface area (Å²) in [5, 5.41) is 3.98. The van der Waals surface area contributed by atoms with E-state index in [1.165, 1.54) is 0 Å². The normalized spacial score (nSPS) is 18.5. The summed E-state index contributed by atoms with van der Waals surface area (Å²) in [7, 11) is 0. The number of nitrogens with one attached hydrogen (secondary N) is 1. The Bertz CT molecular complexity index is 523. The molecule has 136 valence electrons. The first-order chi connectivity index (χ1) is 11.1. The summed E-state index contributed by atoms with van der Waals surface area (Å²) in [6.07, 6.45) is 1.01. The van der Waals surface area contributed by atoms with E-state index in [9.17, 15) is 0 Å². The zero-order valence-electron chi connectivity index (χ0n) is 14.4. The minimum Gasteiger partial charge on any atom is -0.379 e. The summed E-state index contributed by atoms with van der Waals surface area (Å²) < 4.78 is 5.46. The van der Waals surface area contributed by atoms with Crippen LogP contribution in [-0.2, 0) is 4.74 Å². The van der Waals surface area contributed by atoms with Crippen LogP contribution in [0.1, 0.15) is 31.9 Å². The number of nitrogens with zero attached hydrogens (tertiary/aromatic N) is 2. The van der Waals surface area contributed by atoms with Crippen LogP contribution in [0.3, 0.4) is 0 Å². The number of rotatable bonds is 6. The Hall–Kier alpha value is -0.570. The number of halogens is 2. The number of morpholine rings is 1. The van der Waals surface area contributed by atoms with Crippen LogP contribution in [-0.4, -0.2) is 49.7 Å². The van der Waals surface area contributed by atoms with Gasteiger partial charge in [0.05, 0.1) is 25.8 Å². The first kappa shape index (κ1) is 21.5. The molecule has 2 unspecified atom stereocenters. The molecule has 2 atom stereocenters. The van der Waals surface area contributed by atoms with Crippen LogP contribution >= 0.6 is 35.6 Å². The molecule has 0 aliphatic carbocycles. The number of benzene rings is 1. The molecule has 1 aromatic carbocycles. The second-order valence-electron chi connectivity index (χ2n) is 5.87. The zero-order chi connectivity index (χ0) is 16.7. The molecule has 0 amide bonds. The molecular weight excluding hydrogens is 439 g/mol. The zero-order valence-corrected chi connectivity index (χ0v) is 17.5. The number of guanidine groups is 1. The second-order valence-corrected chi connectivity index (χ2v) is 6.27. The Morgan fingerprint density at radius 3 is 2.67 bits per heavy atom. The standard InChI is InChI=1S/C17H27ClN4O.HI/c1-3-13(2)21-17(19)20-12-16(22-8-10-23-11-9-22)14-6-4-5-7-15(14)18;/h4-7,13,16H,3,8-12H2,1-2H3,(H3,19,20,21);1H. The molecule has 2 rings (SSSR count). The van der Waals surface area contributed by atoms with E-state index in [0.717, 1.165) is 43.3 Å². The van der Waals surface area contributed by atoms with Crippen molar-refractivity contribution in [3.8, 4) is 0 Å². The minimum atomic E-state index is 0. The molecule has 0 aromatic heterocycles. The van der Waals surface area contributed by atoms with Gasteiger partial charge in [-0.25, -0.2) is 0 Å². The lowest BCUT2D eigenvalue weighted by Crippen LogP contribution is -2.42. The topological polar surface area (TPSA) is 62.9 Å². The third-order valence-electron chi connectivity index (χ3n) is 4.19. The van der Waals surface area contributed by atoms with Gasteiger partial charge in [-0.3, -0.25) is 9.89 Å². The Labute approximate surface area is 167 Å². The molecular formula is C17H28ClIN4O. The fourth-order valence-electron chi connectivity index (χ4n) is 2.63. The van der Waals surface area contributed by atoms with Crippen molar-refractivity contribution >= 4 is 41.5 Å². The highest BCUT2D eigenvalue weighted by Crippen LogP contribution is 2.28. The van der Waals surface area contributed by atoms with Crippen LogP contribution in [0, 0.1) is 0 Å². The van der Waals surface area contributed by atoms with Crippen molar-refractivity contribution in [2.75, 3.05) is 32.8 Å². The summed E-state index contributed by atoms with van der Waals surface area (Å²) in [5.41, 5.74) is 7.10. The Morgan fingerprint density at radius 2 is 2.04 bits per heavy atom. The second kappa shape index (κ2) is 11.1. The van der Waals surface area contributed by atoms with Crippen molar-refractivity contribution in [2.45, 2.75) is 32.4 Å². The maximum atomic E-state index is 6.41. The fraction of sp³-hybridized carbons (Fsp3) is 0.588. The number of ether oxygens (including phenoxy) is 1. The maximum absolute atomic E-state index is 6.41. The van der Waals surface area contributed by atoms with Gasteiger partial charge in [0.1, 0.15) is 0 Å². The lowest BCUT2D eigenvalue weighted by Gasteiger charge is -2.34. The van der Waals surface area contributed by atoms with E-state index in [0.29, 0.717) is 18.5 Å². The summed E-state index contributed by atoms with van der Waals surface area (Å²) in [6, 6.07) is 8.39. The van der Waals surface area contributed by atoms with E-state index < -0.39 is 0 Å². The van der Waals surface area contributed by atoms with Crippen LogP contribution in [0.25, 0.3) is 0 Å². The number of aliphatic imine (C=N–C) groups is 1. The predicted molar refractivity (Wildman–Crippen MR) is 111 cm³/mol. The van der Waals surface area contributed by atoms with E-state index in [2.05, 4.69) is 35.1 Å². The van der Waals surface area contributed by atoms with Crippen LogP contribution in [0.2, 0.25) is 5.02 Å². The van der Waals surface area contributed by atoms with E-state index in [4.69, 9.17) is 22.1 Å². The molecule has 0 spiro atoms. The number of nitrogens with two attached hydrogens (primary N) is 1. The van der Waals surface area contributed by atoms with E-state index in [1.54, 1.807) is 0 Å². The van der Waals surface area contributed by atoms with Crippen LogP contribution in [0.4, 0.5) is 0 Å². The van der Waals surface area contributed by atoms with Crippen molar-refractivity contribution in [3.05, 3.63) is 34.9 Å². The van der Waals surface area contributed by atoms with Crippen LogP contribution in [0.5, 0.6) is 0 Å². The van der Waals surface area contributed by atoms with Gasteiger partial charge in [-0.05, 0) is 25.0 Å². The van der Waals surface area contributed by atoms with Crippen LogP contribution < -0.4 is 11.1 Å². The summed E-state index contributed by atoms with van der Waals surface area (Å²) in [4.78, 5) is 6.91. The Morgan fingerprint density at radius 1 is 1.38 bits per heavy atom. The summed E-state index contributed by atoms with van der Waals surface area (Å²) in [5.74, 6) is 0.490. The summed E-state index contributed by atoms with van der Waals surface area (Å²) >= 11 is 6.41. The molecule has 0 saturated carbocycles. The van der Waals surface area contributed by atoms with Crippen molar-refractivity contribution in [1.82, 2.24) is 10.2 Å². The molecule has 1 fully saturated rings. The SMILES string of the molecule is CCC(C)NC(N)=NCC(c1ccccc1Cl)N1CCOCC1.I. The molecule has 5 nitrogen and oxygen atoms in total. The monoisotopic (exact) mass is 466 g/mol. The van der Waals surface area contributed by atoms with Gasteiger partial charge in [-0.1, -0.05) is 36.7 Å². The molecule has 0 bridgehead atoms. The molecule has 1 saturated heterocycles. The third kappa shape index (κ3) is 6.38. The summed E-state index contributed by atoms with van der Waals surface area (Å²) in [6.45, 7) is 8.03. The predicted octanol–water partition coefficient (Wildman–Crippen LogP) is 3.03. The third-order valence-corrected chi connectivity index (χ3v) is 4.54. The van der Waals surface area contributed by atoms with Gasteiger partial charge in [-0.2, -0.15) is 0 Å². The molecule has 24 heavy (non-hydrogen) atoms. The largest absolute Gasteiger partial charge is 0.379 e. The highest BCUT2D eigenvalue weighted by atomic mass is 127. The smallest absolute Gasteiger partial charge is 0.188 e. The quantitative estimate of drug-likeness (QED) is 0.384. The van der Waals surface area contributed by atoms with Crippen LogP contribution in [0.15, 0.2) is 29.3 Å². The maximum Gasteiger partial charge on any atom is 0.188 e. The van der Waals surface area contributed by atoms with Crippen molar-refractivity contribution in [1.29, 1.82) is 0 Å². The lowest BCUT2D eigenvalue weighted by atomic mass is 10.0. The van der Waals surface area contributed by atoms with E-state index >= 15 is 0 Å². The Balaban J connectivity index is 0.00000288. The Kier molecular flexibility index (Phi) is 9.95. The number of hydrogen-bond acceptors (Lipinski definition) is 3. The molecule has 1 aliphatic heterocycles. The minimum absolute atomic E-state index is 0. The lowest BCUT2D eigenvalue weighted by molar-refractivity contribution is 0.0180. The number of hydrogen-bond donors (Lipinski definition) is 2. The average molecular weight is 467 g/mol. The first-order valence-corrected chi connectivity index (χ1v) is 8.62. The molecule has 3 N–H and O–H groups in total. The van der Waals surface area contributed by atoms with Gasteiger partial charge < -0.3 is 15.8 Å². The molecule has 7 heteroatoms. The molecule has 1 heterocycles. The molecule has 1 aromatic rings.